The first-order chi connectivity index (χ1) is 11.4. The van der Waals surface area contributed by atoms with Crippen molar-refractivity contribution in [2.75, 3.05) is 0 Å². The van der Waals surface area contributed by atoms with Gasteiger partial charge in [0.05, 0.1) is 0 Å². The Balaban J connectivity index is 4.56. The molecule has 0 aliphatic heterocycles. The van der Waals surface area contributed by atoms with Gasteiger partial charge in [-0.3, -0.25) is 0 Å². The molecule has 0 aliphatic carbocycles. The van der Waals surface area contributed by atoms with Gasteiger partial charge in [0.2, 0.25) is 0 Å². The third-order valence-electron chi connectivity index (χ3n) is 5.05. The highest BCUT2D eigenvalue weighted by atomic mass is 35.6. The van der Waals surface area contributed by atoms with Crippen LogP contribution in [-0.4, -0.2) is 14.8 Å². The Morgan fingerprint density at radius 2 is 0.792 bits per heavy atom. The monoisotopic (exact) mass is 408 g/mol. The van der Waals surface area contributed by atoms with Gasteiger partial charge in [-0.25, -0.2) is 0 Å². The fourth-order valence-electron chi connectivity index (χ4n) is 3.22. The maximum atomic E-state index is 7.08. The van der Waals surface area contributed by atoms with Crippen LogP contribution in [0.25, 0.3) is 0 Å². The smallest absolute Gasteiger partial charge is 0.160 e. The lowest BCUT2D eigenvalue weighted by Gasteiger charge is -2.24. The van der Waals surface area contributed by atoms with E-state index in [4.69, 9.17) is 22.2 Å². The first-order valence-electron chi connectivity index (χ1n) is 10.5. The first kappa shape index (κ1) is 24.8. The SMILES string of the molecule is CCCC[Si](Cl)(CC=CC[Si](Cl)(CCCC)CCCC)CCCC. The van der Waals surface area contributed by atoms with Crippen molar-refractivity contribution in [3.05, 3.63) is 12.2 Å². The second kappa shape index (κ2) is 14.9. The van der Waals surface area contributed by atoms with Crippen molar-refractivity contribution in [2.45, 2.75) is 115 Å². The van der Waals surface area contributed by atoms with Crippen molar-refractivity contribution in [3.8, 4) is 0 Å². The quantitative estimate of drug-likeness (QED) is 0.135. The molecule has 0 bridgehead atoms. The number of unbranched alkanes of at least 4 members (excludes halogenated alkanes) is 4. The normalized spacial score (nSPS) is 13.1. The van der Waals surface area contributed by atoms with Crippen LogP contribution >= 0.6 is 22.2 Å². The Labute approximate surface area is 164 Å². The van der Waals surface area contributed by atoms with Gasteiger partial charge in [0, 0.05) is 0 Å². The maximum Gasteiger partial charge on any atom is 0.160 e. The van der Waals surface area contributed by atoms with Crippen molar-refractivity contribution >= 4 is 36.9 Å². The molecule has 0 unspecified atom stereocenters. The van der Waals surface area contributed by atoms with Crippen LogP contribution in [0.4, 0.5) is 0 Å². The molecule has 4 heteroatoms. The van der Waals surface area contributed by atoms with Crippen LogP contribution in [0.3, 0.4) is 0 Å². The third kappa shape index (κ3) is 12.2. The van der Waals surface area contributed by atoms with Crippen molar-refractivity contribution < 1.29 is 0 Å². The van der Waals surface area contributed by atoms with Gasteiger partial charge in [-0.15, -0.1) is 0 Å². The topological polar surface area (TPSA) is 0 Å². The summed E-state index contributed by atoms with van der Waals surface area (Å²) >= 11 is 14.2. The van der Waals surface area contributed by atoms with Crippen molar-refractivity contribution in [2.24, 2.45) is 0 Å². The summed E-state index contributed by atoms with van der Waals surface area (Å²) in [4.78, 5) is 0. The van der Waals surface area contributed by atoms with E-state index in [1.54, 1.807) is 0 Å². The predicted molar refractivity (Wildman–Crippen MR) is 121 cm³/mol. The summed E-state index contributed by atoms with van der Waals surface area (Å²) in [6.45, 7) is 9.10. The van der Waals surface area contributed by atoms with Crippen LogP contribution in [0.5, 0.6) is 0 Å². The Bertz CT molecular complexity index is 273. The summed E-state index contributed by atoms with van der Waals surface area (Å²) in [7, 11) is -3.16. The van der Waals surface area contributed by atoms with Crippen LogP contribution in [0.2, 0.25) is 36.3 Å². The molecule has 0 heterocycles. The molecule has 0 amide bonds. The molecule has 0 aromatic carbocycles. The van der Waals surface area contributed by atoms with E-state index in [1.807, 2.05) is 0 Å². The number of hydrogen-bond donors (Lipinski definition) is 0. The number of halogens is 2. The number of rotatable bonds is 16. The molecule has 0 nitrogen and oxygen atoms in total. The summed E-state index contributed by atoms with van der Waals surface area (Å²) in [5.74, 6) is 0. The molecule has 144 valence electrons. The summed E-state index contributed by atoms with van der Waals surface area (Å²) in [6.07, 6.45) is 15.1. The van der Waals surface area contributed by atoms with Gasteiger partial charge < -0.3 is 0 Å². The van der Waals surface area contributed by atoms with E-state index >= 15 is 0 Å². The Hall–Kier alpha value is 0.754. The van der Waals surface area contributed by atoms with E-state index in [1.165, 1.54) is 75.5 Å². The number of allylic oxidation sites excluding steroid dienone is 2. The van der Waals surface area contributed by atoms with E-state index in [-0.39, 0.29) is 0 Å². The minimum atomic E-state index is -1.58. The first-order valence-corrected chi connectivity index (χ1v) is 17.7. The van der Waals surface area contributed by atoms with Gasteiger partial charge in [-0.2, -0.15) is 22.2 Å². The molecule has 0 aromatic heterocycles. The average Bonchev–Trinajstić information content (AvgIpc) is 2.59. The lowest BCUT2D eigenvalue weighted by atomic mass is 10.4. The zero-order chi connectivity index (χ0) is 18.3. The zero-order valence-electron chi connectivity index (χ0n) is 16.8. The number of hydrogen-bond acceptors (Lipinski definition) is 0. The Morgan fingerprint density at radius 1 is 0.542 bits per heavy atom. The summed E-state index contributed by atoms with van der Waals surface area (Å²) in [5, 5.41) is 0. The van der Waals surface area contributed by atoms with Crippen LogP contribution in [0.1, 0.15) is 79.1 Å². The van der Waals surface area contributed by atoms with E-state index in [2.05, 4.69) is 39.8 Å². The zero-order valence-corrected chi connectivity index (χ0v) is 20.3. The van der Waals surface area contributed by atoms with Gasteiger partial charge in [0.25, 0.3) is 0 Å². The molecule has 0 aliphatic rings. The fraction of sp³-hybridized carbons (Fsp3) is 0.900. The minimum absolute atomic E-state index is 1.15. The van der Waals surface area contributed by atoms with Crippen LogP contribution < -0.4 is 0 Å². The molecule has 0 saturated carbocycles. The van der Waals surface area contributed by atoms with Crippen LogP contribution in [0.15, 0.2) is 12.2 Å². The second-order valence-corrected chi connectivity index (χ2v) is 19.8. The third-order valence-corrected chi connectivity index (χ3v) is 15.2. The van der Waals surface area contributed by atoms with Crippen LogP contribution in [-0.2, 0) is 0 Å². The highest BCUT2D eigenvalue weighted by Crippen LogP contribution is 2.33. The molecular weight excluding hydrogens is 367 g/mol. The molecule has 0 rings (SSSR count). The van der Waals surface area contributed by atoms with E-state index in [0.717, 1.165) is 12.1 Å². The highest BCUT2D eigenvalue weighted by molar-refractivity contribution is 7.21. The highest BCUT2D eigenvalue weighted by Gasteiger charge is 2.30. The summed E-state index contributed by atoms with van der Waals surface area (Å²) < 4.78 is 0. The molecule has 24 heavy (non-hydrogen) atoms. The van der Waals surface area contributed by atoms with Crippen molar-refractivity contribution in [3.63, 3.8) is 0 Å². The van der Waals surface area contributed by atoms with Gasteiger partial charge >= 0.3 is 0 Å². The molecule has 0 atom stereocenters. The molecule has 0 spiro atoms. The maximum absolute atomic E-state index is 7.08. The van der Waals surface area contributed by atoms with E-state index in [9.17, 15) is 0 Å². The molecule has 0 radical (unpaired) electrons. The van der Waals surface area contributed by atoms with Crippen LogP contribution in [0, 0.1) is 0 Å². The van der Waals surface area contributed by atoms with Gasteiger partial charge in [0.15, 0.2) is 14.8 Å². The van der Waals surface area contributed by atoms with Crippen molar-refractivity contribution in [1.82, 2.24) is 0 Å². The predicted octanol–water partition coefficient (Wildman–Crippen LogP) is 9.11. The Morgan fingerprint density at radius 3 is 1.00 bits per heavy atom. The molecule has 0 aromatic rings. The van der Waals surface area contributed by atoms with E-state index < -0.39 is 14.8 Å². The minimum Gasteiger partial charge on any atom is -0.167 e. The van der Waals surface area contributed by atoms with Gasteiger partial charge in [-0.1, -0.05) is 91.2 Å². The molecular formula is C20H42Cl2Si2. The summed E-state index contributed by atoms with van der Waals surface area (Å²) in [5.41, 5.74) is 0. The van der Waals surface area contributed by atoms with Gasteiger partial charge in [0.1, 0.15) is 0 Å². The van der Waals surface area contributed by atoms with E-state index in [0.29, 0.717) is 0 Å². The Kier molecular flexibility index (Phi) is 15.3. The standard InChI is InChI=1S/C20H42Cl2Si2/c1-5-9-15-23(21,16-10-6-2)19-13-14-20-24(22,17-11-7-3)18-12-8-4/h13-14H,5-12,15-20H2,1-4H3. The largest absolute Gasteiger partial charge is 0.167 e. The molecule has 0 saturated heterocycles. The average molecular weight is 410 g/mol. The summed E-state index contributed by atoms with van der Waals surface area (Å²) in [6, 6.07) is 7.43. The second-order valence-electron chi connectivity index (χ2n) is 7.60. The lowest BCUT2D eigenvalue weighted by molar-refractivity contribution is 0.834. The fourth-order valence-corrected chi connectivity index (χ4v) is 11.8. The molecule has 0 N–H and O–H groups in total. The lowest BCUT2D eigenvalue weighted by Crippen LogP contribution is -2.27. The molecule has 0 fully saturated rings. The van der Waals surface area contributed by atoms with Gasteiger partial charge in [-0.05, 0) is 36.3 Å². The van der Waals surface area contributed by atoms with Crippen molar-refractivity contribution in [1.29, 1.82) is 0 Å².